The fourth-order valence-corrected chi connectivity index (χ4v) is 4.79. The monoisotopic (exact) mass is 263 g/mol. The first kappa shape index (κ1) is 14.4. The van der Waals surface area contributed by atoms with Crippen LogP contribution in [0.1, 0.15) is 39.0 Å². The maximum Gasteiger partial charge on any atom is 0.321 e. The fraction of sp³-hybridized carbons (Fsp3) is 0.909. The zero-order chi connectivity index (χ0) is 13.1. The zero-order valence-electron chi connectivity index (χ0n) is 10.1. The number of nitrogens with two attached hydrogens (primary N) is 1. The summed E-state index contributed by atoms with van der Waals surface area (Å²) in [6, 6.07) is 0. The summed E-state index contributed by atoms with van der Waals surface area (Å²) in [5, 5.41) is 7.17. The summed E-state index contributed by atoms with van der Waals surface area (Å²) in [7, 11) is -3.60. The van der Waals surface area contributed by atoms with Crippen molar-refractivity contribution in [3.05, 3.63) is 0 Å². The topological polar surface area (TPSA) is 97.5 Å². The molecule has 1 rings (SSSR count). The summed E-state index contributed by atoms with van der Waals surface area (Å²) in [6.45, 7) is 2.10. The van der Waals surface area contributed by atoms with Crippen LogP contribution in [0.4, 0.5) is 0 Å². The average molecular weight is 263 g/mol. The number of sulfone groups is 1. The Bertz CT molecular complexity index is 366. The van der Waals surface area contributed by atoms with E-state index in [4.69, 9.17) is 10.8 Å². The molecule has 0 saturated heterocycles. The molecule has 1 aliphatic carbocycles. The summed E-state index contributed by atoms with van der Waals surface area (Å²) in [5.41, 5.74) is 5.29. The van der Waals surface area contributed by atoms with E-state index in [1.54, 1.807) is 0 Å². The van der Waals surface area contributed by atoms with E-state index >= 15 is 0 Å². The SMILES string of the molecule is CC1CCCC(S(=O)(=O)C(CCN)C(=O)O)C1. The standard InChI is InChI=1S/C11H21NO4S/c1-8-3-2-4-9(7-8)17(15,16)10(5-6-12)11(13)14/h8-10H,2-7,12H2,1H3,(H,13,14). The summed E-state index contributed by atoms with van der Waals surface area (Å²) in [6.07, 6.45) is 3.06. The normalized spacial score (nSPS) is 27.6. The predicted molar refractivity (Wildman–Crippen MR) is 65.4 cm³/mol. The van der Waals surface area contributed by atoms with Crippen LogP contribution >= 0.6 is 0 Å². The Balaban J connectivity index is 2.87. The molecule has 0 aromatic rings. The number of hydrogen-bond donors (Lipinski definition) is 2. The summed E-state index contributed by atoms with van der Waals surface area (Å²) in [4.78, 5) is 11.0. The Labute approximate surface area is 102 Å². The molecule has 17 heavy (non-hydrogen) atoms. The second-order valence-corrected chi connectivity index (χ2v) is 7.30. The van der Waals surface area contributed by atoms with E-state index in [9.17, 15) is 13.2 Å². The molecule has 0 bridgehead atoms. The Kier molecular flexibility index (Phi) is 4.94. The first-order chi connectivity index (χ1) is 7.89. The van der Waals surface area contributed by atoms with Gasteiger partial charge in [-0.05, 0) is 31.7 Å². The van der Waals surface area contributed by atoms with Crippen molar-refractivity contribution in [3.8, 4) is 0 Å². The van der Waals surface area contributed by atoms with Gasteiger partial charge >= 0.3 is 5.97 Å². The van der Waals surface area contributed by atoms with Crippen LogP contribution in [0.15, 0.2) is 0 Å². The molecule has 0 amide bonds. The highest BCUT2D eigenvalue weighted by molar-refractivity contribution is 7.93. The van der Waals surface area contributed by atoms with Crippen molar-refractivity contribution in [2.24, 2.45) is 11.7 Å². The van der Waals surface area contributed by atoms with E-state index in [0.29, 0.717) is 18.8 Å². The molecule has 0 heterocycles. The van der Waals surface area contributed by atoms with Crippen LogP contribution in [0.5, 0.6) is 0 Å². The summed E-state index contributed by atoms with van der Waals surface area (Å²) >= 11 is 0. The van der Waals surface area contributed by atoms with Crippen molar-refractivity contribution < 1.29 is 18.3 Å². The van der Waals surface area contributed by atoms with Crippen molar-refractivity contribution in [3.63, 3.8) is 0 Å². The highest BCUT2D eigenvalue weighted by atomic mass is 32.2. The minimum atomic E-state index is -3.60. The van der Waals surface area contributed by atoms with Gasteiger partial charge < -0.3 is 10.8 Å². The molecule has 0 aromatic heterocycles. The van der Waals surface area contributed by atoms with Gasteiger partial charge in [0, 0.05) is 0 Å². The van der Waals surface area contributed by atoms with Crippen LogP contribution in [-0.4, -0.2) is 36.5 Å². The van der Waals surface area contributed by atoms with Gasteiger partial charge in [0.15, 0.2) is 15.1 Å². The lowest BCUT2D eigenvalue weighted by Gasteiger charge is -2.28. The molecular formula is C11H21NO4S. The molecule has 0 aromatic carbocycles. The van der Waals surface area contributed by atoms with E-state index in [2.05, 4.69) is 0 Å². The molecule has 1 saturated carbocycles. The second kappa shape index (κ2) is 5.82. The zero-order valence-corrected chi connectivity index (χ0v) is 10.9. The summed E-state index contributed by atoms with van der Waals surface area (Å²) < 4.78 is 24.5. The molecule has 0 aliphatic heterocycles. The molecule has 5 nitrogen and oxygen atoms in total. The quantitative estimate of drug-likeness (QED) is 0.764. The first-order valence-corrected chi connectivity index (χ1v) is 7.66. The second-order valence-electron chi connectivity index (χ2n) is 4.89. The van der Waals surface area contributed by atoms with E-state index in [1.807, 2.05) is 6.92 Å². The van der Waals surface area contributed by atoms with E-state index in [-0.39, 0.29) is 13.0 Å². The van der Waals surface area contributed by atoms with E-state index < -0.39 is 26.3 Å². The maximum atomic E-state index is 12.2. The molecule has 1 fully saturated rings. The lowest BCUT2D eigenvalue weighted by Crippen LogP contribution is -2.40. The van der Waals surface area contributed by atoms with Gasteiger partial charge in [-0.2, -0.15) is 0 Å². The largest absolute Gasteiger partial charge is 0.480 e. The molecule has 3 atom stereocenters. The third-order valence-electron chi connectivity index (χ3n) is 3.45. The molecule has 3 unspecified atom stereocenters. The lowest BCUT2D eigenvalue weighted by atomic mass is 9.91. The van der Waals surface area contributed by atoms with Crippen molar-refractivity contribution in [2.45, 2.75) is 49.5 Å². The first-order valence-electron chi connectivity index (χ1n) is 6.05. The molecule has 100 valence electrons. The van der Waals surface area contributed by atoms with Crippen LogP contribution in [0.25, 0.3) is 0 Å². The Morgan fingerprint density at radius 3 is 2.59 bits per heavy atom. The Morgan fingerprint density at radius 1 is 1.47 bits per heavy atom. The number of carboxylic acids is 1. The predicted octanol–water partition coefficient (Wildman–Crippen LogP) is 0.782. The number of aliphatic carboxylic acids is 1. The third-order valence-corrected chi connectivity index (χ3v) is 6.04. The van der Waals surface area contributed by atoms with Crippen molar-refractivity contribution in [1.29, 1.82) is 0 Å². The lowest BCUT2D eigenvalue weighted by molar-refractivity contribution is -0.136. The minimum Gasteiger partial charge on any atom is -0.480 e. The van der Waals surface area contributed by atoms with Gasteiger partial charge in [-0.25, -0.2) is 8.42 Å². The van der Waals surface area contributed by atoms with Crippen LogP contribution in [0.2, 0.25) is 0 Å². The Morgan fingerprint density at radius 2 is 2.12 bits per heavy atom. The van der Waals surface area contributed by atoms with Gasteiger partial charge in [0.1, 0.15) is 0 Å². The molecule has 1 aliphatic rings. The van der Waals surface area contributed by atoms with E-state index in [1.165, 1.54) is 0 Å². The number of carbonyl (C=O) groups is 1. The van der Waals surface area contributed by atoms with Crippen LogP contribution in [-0.2, 0) is 14.6 Å². The molecular weight excluding hydrogens is 242 g/mol. The minimum absolute atomic E-state index is 0.00253. The van der Waals surface area contributed by atoms with Gasteiger partial charge in [-0.3, -0.25) is 4.79 Å². The third kappa shape index (κ3) is 3.42. The van der Waals surface area contributed by atoms with Crippen LogP contribution < -0.4 is 5.73 Å². The molecule has 0 radical (unpaired) electrons. The highest BCUT2D eigenvalue weighted by Gasteiger charge is 2.39. The molecule has 0 spiro atoms. The van der Waals surface area contributed by atoms with Gasteiger partial charge in [-0.15, -0.1) is 0 Å². The smallest absolute Gasteiger partial charge is 0.321 e. The number of carboxylic acid groups (broad SMARTS) is 1. The van der Waals surface area contributed by atoms with Gasteiger partial charge in [-0.1, -0.05) is 19.8 Å². The van der Waals surface area contributed by atoms with Crippen LogP contribution in [0.3, 0.4) is 0 Å². The van der Waals surface area contributed by atoms with Gasteiger partial charge in [0.05, 0.1) is 5.25 Å². The summed E-state index contributed by atoms with van der Waals surface area (Å²) in [5.74, 6) is -0.912. The van der Waals surface area contributed by atoms with Crippen LogP contribution in [0, 0.1) is 5.92 Å². The fourth-order valence-electron chi connectivity index (χ4n) is 2.49. The highest BCUT2D eigenvalue weighted by Crippen LogP contribution is 2.30. The van der Waals surface area contributed by atoms with Gasteiger partial charge in [0.2, 0.25) is 0 Å². The average Bonchev–Trinajstić information content (AvgIpc) is 2.25. The van der Waals surface area contributed by atoms with Gasteiger partial charge in [0.25, 0.3) is 0 Å². The molecule has 6 heteroatoms. The number of hydrogen-bond acceptors (Lipinski definition) is 4. The number of rotatable bonds is 5. The van der Waals surface area contributed by atoms with Crippen molar-refractivity contribution in [2.75, 3.05) is 6.54 Å². The van der Waals surface area contributed by atoms with Crippen molar-refractivity contribution >= 4 is 15.8 Å². The Hall–Kier alpha value is -0.620. The maximum absolute atomic E-state index is 12.2. The van der Waals surface area contributed by atoms with Crippen molar-refractivity contribution in [1.82, 2.24) is 0 Å². The van der Waals surface area contributed by atoms with E-state index in [0.717, 1.165) is 12.8 Å². The molecule has 3 N–H and O–H groups in total.